The fourth-order valence-electron chi connectivity index (χ4n) is 3.63. The first-order valence-electron chi connectivity index (χ1n) is 7.41. The van der Waals surface area contributed by atoms with Gasteiger partial charge >= 0.3 is 0 Å². The van der Waals surface area contributed by atoms with E-state index in [2.05, 4.69) is 53.4 Å². The van der Waals surface area contributed by atoms with Gasteiger partial charge in [-0.15, -0.1) is 0 Å². The fraction of sp³-hybridized carbons (Fsp3) is 1.00. The molecule has 0 spiro atoms. The minimum Gasteiger partial charge on any atom is -0.298 e. The summed E-state index contributed by atoms with van der Waals surface area (Å²) in [6.45, 7) is 19.2. The van der Waals surface area contributed by atoms with Crippen molar-refractivity contribution in [3.05, 3.63) is 0 Å². The molecule has 1 unspecified atom stereocenters. The van der Waals surface area contributed by atoms with Gasteiger partial charge in [0.1, 0.15) is 0 Å². The molecule has 0 aromatic rings. The van der Waals surface area contributed by atoms with Gasteiger partial charge in [0.2, 0.25) is 0 Å². The van der Waals surface area contributed by atoms with Gasteiger partial charge in [0.25, 0.3) is 0 Å². The Kier molecular flexibility index (Phi) is 4.68. The largest absolute Gasteiger partial charge is 0.298 e. The standard InChI is InChI=1S/C16H33N/c1-8-14(15(2,3)4)13-9-11-17(12-10-13)16(5,6)7/h13-14H,8-12H2,1-7H3. The van der Waals surface area contributed by atoms with Crippen LogP contribution in [0.1, 0.15) is 67.7 Å². The van der Waals surface area contributed by atoms with Crippen LogP contribution in [0.5, 0.6) is 0 Å². The average Bonchev–Trinajstić information content (AvgIpc) is 2.16. The summed E-state index contributed by atoms with van der Waals surface area (Å²) in [6, 6.07) is 0. The lowest BCUT2D eigenvalue weighted by Crippen LogP contribution is -2.47. The zero-order chi connectivity index (χ0) is 13.3. The van der Waals surface area contributed by atoms with Crippen molar-refractivity contribution in [1.82, 2.24) is 4.90 Å². The molecular weight excluding hydrogens is 206 g/mol. The third-order valence-electron chi connectivity index (χ3n) is 4.61. The van der Waals surface area contributed by atoms with Gasteiger partial charge in [0.05, 0.1) is 0 Å². The lowest BCUT2D eigenvalue weighted by atomic mass is 9.68. The first kappa shape index (κ1) is 15.0. The molecule has 0 N–H and O–H groups in total. The molecule has 0 aliphatic carbocycles. The van der Waals surface area contributed by atoms with Crippen molar-refractivity contribution in [2.45, 2.75) is 73.3 Å². The van der Waals surface area contributed by atoms with Gasteiger partial charge in [0, 0.05) is 5.54 Å². The van der Waals surface area contributed by atoms with E-state index in [0.29, 0.717) is 11.0 Å². The Morgan fingerprint density at radius 3 is 1.76 bits per heavy atom. The van der Waals surface area contributed by atoms with E-state index in [0.717, 1.165) is 11.8 Å². The van der Waals surface area contributed by atoms with E-state index in [9.17, 15) is 0 Å². The minimum absolute atomic E-state index is 0.356. The maximum atomic E-state index is 2.65. The summed E-state index contributed by atoms with van der Waals surface area (Å²) in [4.78, 5) is 2.65. The molecule has 0 saturated carbocycles. The first-order chi connectivity index (χ1) is 7.66. The fourth-order valence-corrected chi connectivity index (χ4v) is 3.63. The molecule has 1 rings (SSSR count). The molecule has 1 fully saturated rings. The van der Waals surface area contributed by atoms with Crippen LogP contribution in [0.2, 0.25) is 0 Å². The zero-order valence-corrected chi connectivity index (χ0v) is 13.1. The number of rotatable bonds is 2. The molecule has 1 nitrogen and oxygen atoms in total. The molecule has 0 amide bonds. The molecule has 102 valence electrons. The van der Waals surface area contributed by atoms with E-state index >= 15 is 0 Å². The van der Waals surface area contributed by atoms with Crippen LogP contribution in [0.15, 0.2) is 0 Å². The maximum absolute atomic E-state index is 2.65. The Morgan fingerprint density at radius 1 is 1.00 bits per heavy atom. The highest BCUT2D eigenvalue weighted by Crippen LogP contribution is 2.40. The van der Waals surface area contributed by atoms with E-state index in [-0.39, 0.29) is 0 Å². The van der Waals surface area contributed by atoms with E-state index < -0.39 is 0 Å². The summed E-state index contributed by atoms with van der Waals surface area (Å²) in [5, 5.41) is 0. The van der Waals surface area contributed by atoms with Crippen molar-refractivity contribution in [2.24, 2.45) is 17.3 Å². The molecule has 1 saturated heterocycles. The lowest BCUT2D eigenvalue weighted by molar-refractivity contribution is 0.0417. The molecule has 1 atom stereocenters. The summed E-state index contributed by atoms with van der Waals surface area (Å²) >= 11 is 0. The Labute approximate surface area is 109 Å². The predicted octanol–water partition coefficient (Wildman–Crippen LogP) is 4.57. The van der Waals surface area contributed by atoms with Gasteiger partial charge in [-0.05, 0) is 64.0 Å². The third-order valence-corrected chi connectivity index (χ3v) is 4.61. The van der Waals surface area contributed by atoms with Crippen LogP contribution >= 0.6 is 0 Å². The van der Waals surface area contributed by atoms with Gasteiger partial charge < -0.3 is 0 Å². The third kappa shape index (κ3) is 3.98. The average molecular weight is 239 g/mol. The summed E-state index contributed by atoms with van der Waals surface area (Å²) in [6.07, 6.45) is 4.13. The summed E-state index contributed by atoms with van der Waals surface area (Å²) in [7, 11) is 0. The molecule has 1 aliphatic rings. The van der Waals surface area contributed by atoms with E-state index in [1.165, 1.54) is 32.4 Å². The SMILES string of the molecule is CCC(C1CCN(C(C)(C)C)CC1)C(C)(C)C. The van der Waals surface area contributed by atoms with Crippen molar-refractivity contribution in [2.75, 3.05) is 13.1 Å². The van der Waals surface area contributed by atoms with E-state index in [4.69, 9.17) is 0 Å². The smallest absolute Gasteiger partial charge is 0.0125 e. The quantitative estimate of drug-likeness (QED) is 0.682. The van der Waals surface area contributed by atoms with E-state index in [1.807, 2.05) is 0 Å². The Hall–Kier alpha value is -0.0400. The van der Waals surface area contributed by atoms with Crippen LogP contribution in [0.25, 0.3) is 0 Å². The van der Waals surface area contributed by atoms with Gasteiger partial charge in [-0.3, -0.25) is 4.90 Å². The van der Waals surface area contributed by atoms with Crippen molar-refractivity contribution < 1.29 is 0 Å². The highest BCUT2D eigenvalue weighted by Gasteiger charge is 2.34. The van der Waals surface area contributed by atoms with Gasteiger partial charge in [0.15, 0.2) is 0 Å². The first-order valence-corrected chi connectivity index (χ1v) is 7.41. The van der Waals surface area contributed by atoms with Crippen LogP contribution < -0.4 is 0 Å². The van der Waals surface area contributed by atoms with Gasteiger partial charge in [-0.2, -0.15) is 0 Å². The summed E-state index contributed by atoms with van der Waals surface area (Å²) in [5.41, 5.74) is 0.831. The Balaban J connectivity index is 2.57. The highest BCUT2D eigenvalue weighted by molar-refractivity contribution is 4.87. The number of hydrogen-bond acceptors (Lipinski definition) is 1. The monoisotopic (exact) mass is 239 g/mol. The predicted molar refractivity (Wildman–Crippen MR) is 77.3 cm³/mol. The van der Waals surface area contributed by atoms with Crippen molar-refractivity contribution in [3.63, 3.8) is 0 Å². The summed E-state index contributed by atoms with van der Waals surface area (Å²) in [5.74, 6) is 1.84. The van der Waals surface area contributed by atoms with Crippen LogP contribution in [0.3, 0.4) is 0 Å². The Morgan fingerprint density at radius 2 is 1.47 bits per heavy atom. The molecular formula is C16H33N. The molecule has 0 radical (unpaired) electrons. The second-order valence-corrected chi connectivity index (χ2v) is 7.88. The maximum Gasteiger partial charge on any atom is 0.0125 e. The zero-order valence-electron chi connectivity index (χ0n) is 13.1. The lowest BCUT2D eigenvalue weighted by Gasteiger charge is -2.45. The van der Waals surface area contributed by atoms with Crippen LogP contribution in [-0.4, -0.2) is 23.5 Å². The number of likely N-dealkylation sites (tertiary alicyclic amines) is 1. The highest BCUT2D eigenvalue weighted by atomic mass is 15.2. The van der Waals surface area contributed by atoms with Gasteiger partial charge in [-0.1, -0.05) is 34.1 Å². The molecule has 1 aliphatic heterocycles. The van der Waals surface area contributed by atoms with Crippen LogP contribution in [0, 0.1) is 17.3 Å². The topological polar surface area (TPSA) is 3.24 Å². The number of hydrogen-bond donors (Lipinski definition) is 0. The second kappa shape index (κ2) is 5.30. The molecule has 0 aromatic carbocycles. The van der Waals surface area contributed by atoms with Crippen molar-refractivity contribution in [3.8, 4) is 0 Å². The summed E-state index contributed by atoms with van der Waals surface area (Å²) < 4.78 is 0. The Bertz CT molecular complexity index is 223. The van der Waals surface area contributed by atoms with Gasteiger partial charge in [-0.25, -0.2) is 0 Å². The molecule has 1 heterocycles. The second-order valence-electron chi connectivity index (χ2n) is 7.88. The molecule has 1 heteroatoms. The molecule has 0 bridgehead atoms. The van der Waals surface area contributed by atoms with Crippen LogP contribution in [0.4, 0.5) is 0 Å². The molecule has 17 heavy (non-hydrogen) atoms. The van der Waals surface area contributed by atoms with Crippen molar-refractivity contribution >= 4 is 0 Å². The minimum atomic E-state index is 0.356. The van der Waals surface area contributed by atoms with E-state index in [1.54, 1.807) is 0 Å². The number of piperidine rings is 1. The number of nitrogens with zero attached hydrogens (tertiary/aromatic N) is 1. The molecule has 0 aromatic heterocycles. The normalized spacial score (nSPS) is 22.8. The van der Waals surface area contributed by atoms with Crippen molar-refractivity contribution in [1.29, 1.82) is 0 Å². The van der Waals surface area contributed by atoms with Crippen LogP contribution in [-0.2, 0) is 0 Å².